The molecule has 1 heterocycles. The van der Waals surface area contributed by atoms with E-state index in [0.29, 0.717) is 6.42 Å². The molecule has 1 N–H and O–H groups in total. The van der Waals surface area contributed by atoms with Gasteiger partial charge in [0.05, 0.1) is 18.1 Å². The quantitative estimate of drug-likeness (QED) is 0.910. The second-order valence-corrected chi connectivity index (χ2v) is 4.48. The number of halogens is 3. The maximum atomic E-state index is 12.2. The molecular formula is C11H14F3N3O. The van der Waals surface area contributed by atoms with Crippen molar-refractivity contribution >= 4 is 11.6 Å². The Balaban J connectivity index is 2.79. The molecule has 100 valence electrons. The number of anilines is 1. The van der Waals surface area contributed by atoms with Gasteiger partial charge in [0, 0.05) is 5.41 Å². The summed E-state index contributed by atoms with van der Waals surface area (Å²) in [5, 5.41) is 2.48. The van der Waals surface area contributed by atoms with E-state index in [1.807, 2.05) is 6.92 Å². The number of carbonyl (C=O) groups excluding carboxylic acids is 1. The van der Waals surface area contributed by atoms with Crippen molar-refractivity contribution in [2.75, 3.05) is 5.32 Å². The highest BCUT2D eigenvalue weighted by atomic mass is 19.4. The first kappa shape index (κ1) is 14.4. The first-order chi connectivity index (χ1) is 8.16. The summed E-state index contributed by atoms with van der Waals surface area (Å²) in [5.41, 5.74) is -0.447. The fourth-order valence-electron chi connectivity index (χ4n) is 1.000. The lowest BCUT2D eigenvalue weighted by Crippen LogP contribution is -2.30. The summed E-state index contributed by atoms with van der Waals surface area (Å²) < 4.78 is 36.6. The summed E-state index contributed by atoms with van der Waals surface area (Å²) >= 11 is 0. The van der Waals surface area contributed by atoms with E-state index in [2.05, 4.69) is 15.3 Å². The molecule has 0 unspecified atom stereocenters. The van der Waals surface area contributed by atoms with Crippen LogP contribution in [0.15, 0.2) is 12.4 Å². The molecule has 1 aromatic heterocycles. The molecule has 0 aliphatic rings. The smallest absolute Gasteiger partial charge is 0.323 e. The van der Waals surface area contributed by atoms with Crippen molar-refractivity contribution in [2.24, 2.45) is 5.41 Å². The Kier molecular flexibility index (Phi) is 3.93. The van der Waals surface area contributed by atoms with Crippen LogP contribution in [0, 0.1) is 5.41 Å². The van der Waals surface area contributed by atoms with Crippen molar-refractivity contribution in [3.8, 4) is 0 Å². The van der Waals surface area contributed by atoms with Crippen LogP contribution in [0.2, 0.25) is 0 Å². The minimum atomic E-state index is -4.58. The Morgan fingerprint density at radius 2 is 1.78 bits per heavy atom. The SMILES string of the molecule is CCC(C)(C)C(=O)Nc1cnc(C(F)(F)F)nc1. The highest BCUT2D eigenvalue weighted by molar-refractivity contribution is 5.94. The van der Waals surface area contributed by atoms with E-state index in [9.17, 15) is 18.0 Å². The van der Waals surface area contributed by atoms with Crippen molar-refractivity contribution in [3.05, 3.63) is 18.2 Å². The van der Waals surface area contributed by atoms with Gasteiger partial charge in [-0.3, -0.25) is 4.79 Å². The summed E-state index contributed by atoms with van der Waals surface area (Å²) in [5.74, 6) is -1.51. The van der Waals surface area contributed by atoms with Crippen molar-refractivity contribution < 1.29 is 18.0 Å². The van der Waals surface area contributed by atoms with Crippen LogP contribution in [0.4, 0.5) is 18.9 Å². The van der Waals surface area contributed by atoms with Gasteiger partial charge in [-0.05, 0) is 6.42 Å². The van der Waals surface area contributed by atoms with E-state index in [1.54, 1.807) is 13.8 Å². The zero-order valence-electron chi connectivity index (χ0n) is 10.3. The molecule has 0 saturated heterocycles. The van der Waals surface area contributed by atoms with Crippen LogP contribution in [-0.2, 0) is 11.0 Å². The summed E-state index contributed by atoms with van der Waals surface area (Å²) in [6.45, 7) is 5.34. The maximum absolute atomic E-state index is 12.2. The molecule has 1 aromatic rings. The fourth-order valence-corrected chi connectivity index (χ4v) is 1.000. The van der Waals surface area contributed by atoms with E-state index in [0.717, 1.165) is 12.4 Å². The van der Waals surface area contributed by atoms with Gasteiger partial charge in [-0.1, -0.05) is 20.8 Å². The highest BCUT2D eigenvalue weighted by Gasteiger charge is 2.34. The van der Waals surface area contributed by atoms with Crippen molar-refractivity contribution in [1.29, 1.82) is 0 Å². The standard InChI is InChI=1S/C11H14F3N3O/c1-4-10(2,3)9(18)17-7-5-15-8(16-6-7)11(12,13)14/h5-6H,4H2,1-3H3,(H,17,18). The third kappa shape index (κ3) is 3.41. The third-order valence-corrected chi connectivity index (χ3v) is 2.66. The number of amides is 1. The van der Waals surface area contributed by atoms with E-state index in [-0.39, 0.29) is 11.6 Å². The monoisotopic (exact) mass is 261 g/mol. The lowest BCUT2D eigenvalue weighted by atomic mass is 9.89. The first-order valence-corrected chi connectivity index (χ1v) is 5.37. The second-order valence-electron chi connectivity index (χ2n) is 4.48. The largest absolute Gasteiger partial charge is 0.451 e. The summed E-state index contributed by atoms with van der Waals surface area (Å²) in [4.78, 5) is 18.1. The van der Waals surface area contributed by atoms with Crippen LogP contribution >= 0.6 is 0 Å². The van der Waals surface area contributed by atoms with Gasteiger partial charge in [0.15, 0.2) is 0 Å². The van der Waals surface area contributed by atoms with Crippen LogP contribution in [0.25, 0.3) is 0 Å². The van der Waals surface area contributed by atoms with Gasteiger partial charge >= 0.3 is 6.18 Å². The van der Waals surface area contributed by atoms with Crippen LogP contribution in [0.5, 0.6) is 0 Å². The average molecular weight is 261 g/mol. The van der Waals surface area contributed by atoms with Crippen molar-refractivity contribution in [2.45, 2.75) is 33.4 Å². The van der Waals surface area contributed by atoms with Gasteiger partial charge in [0.2, 0.25) is 11.7 Å². The summed E-state index contributed by atoms with van der Waals surface area (Å²) in [7, 11) is 0. The Morgan fingerprint density at radius 1 is 1.28 bits per heavy atom. The summed E-state index contributed by atoms with van der Waals surface area (Å²) in [6, 6.07) is 0. The zero-order valence-corrected chi connectivity index (χ0v) is 10.3. The van der Waals surface area contributed by atoms with Gasteiger partial charge in [0.1, 0.15) is 0 Å². The number of nitrogens with zero attached hydrogens (tertiary/aromatic N) is 2. The van der Waals surface area contributed by atoms with Gasteiger partial charge in [-0.15, -0.1) is 0 Å². The summed E-state index contributed by atoms with van der Waals surface area (Å²) in [6.07, 6.45) is -2.08. The third-order valence-electron chi connectivity index (χ3n) is 2.66. The van der Waals surface area contributed by atoms with Crippen LogP contribution in [0.3, 0.4) is 0 Å². The molecule has 0 radical (unpaired) electrons. The lowest BCUT2D eigenvalue weighted by molar-refractivity contribution is -0.144. The zero-order chi connectivity index (χ0) is 14.0. The number of carbonyl (C=O) groups is 1. The lowest BCUT2D eigenvalue weighted by Gasteiger charge is -2.21. The maximum Gasteiger partial charge on any atom is 0.451 e. The van der Waals surface area contributed by atoms with E-state index in [4.69, 9.17) is 0 Å². The number of nitrogens with one attached hydrogen (secondary N) is 1. The topological polar surface area (TPSA) is 54.9 Å². The van der Waals surface area contributed by atoms with E-state index < -0.39 is 17.4 Å². The average Bonchev–Trinajstić information content (AvgIpc) is 2.28. The number of aromatic nitrogens is 2. The fraction of sp³-hybridized carbons (Fsp3) is 0.545. The Hall–Kier alpha value is -1.66. The molecule has 0 fully saturated rings. The van der Waals surface area contributed by atoms with Gasteiger partial charge in [-0.25, -0.2) is 9.97 Å². The van der Waals surface area contributed by atoms with Gasteiger partial charge in [0.25, 0.3) is 0 Å². The molecule has 1 rings (SSSR count). The van der Waals surface area contributed by atoms with Crippen molar-refractivity contribution in [3.63, 3.8) is 0 Å². The van der Waals surface area contributed by atoms with Gasteiger partial charge < -0.3 is 5.32 Å². The first-order valence-electron chi connectivity index (χ1n) is 5.37. The molecule has 0 aliphatic heterocycles. The molecule has 0 bridgehead atoms. The van der Waals surface area contributed by atoms with Crippen molar-refractivity contribution in [1.82, 2.24) is 9.97 Å². The Labute approximate surface area is 103 Å². The molecular weight excluding hydrogens is 247 g/mol. The highest BCUT2D eigenvalue weighted by Crippen LogP contribution is 2.26. The number of rotatable bonds is 3. The normalized spacial score (nSPS) is 12.3. The van der Waals surface area contributed by atoms with Crippen LogP contribution in [0.1, 0.15) is 33.0 Å². The second kappa shape index (κ2) is 4.91. The molecule has 0 spiro atoms. The number of alkyl halides is 3. The van der Waals surface area contributed by atoms with E-state index in [1.165, 1.54) is 0 Å². The van der Waals surface area contributed by atoms with E-state index >= 15 is 0 Å². The molecule has 1 amide bonds. The molecule has 0 saturated carbocycles. The van der Waals surface area contributed by atoms with Crippen LogP contribution < -0.4 is 5.32 Å². The minimum Gasteiger partial charge on any atom is -0.323 e. The minimum absolute atomic E-state index is 0.148. The number of hydrogen-bond donors (Lipinski definition) is 1. The molecule has 0 aliphatic carbocycles. The van der Waals surface area contributed by atoms with Gasteiger partial charge in [-0.2, -0.15) is 13.2 Å². The predicted octanol–water partition coefficient (Wildman–Crippen LogP) is 2.87. The molecule has 7 heteroatoms. The molecule has 18 heavy (non-hydrogen) atoms. The van der Waals surface area contributed by atoms with Crippen LogP contribution in [-0.4, -0.2) is 15.9 Å². The molecule has 0 aromatic carbocycles. The molecule has 0 atom stereocenters. The number of hydrogen-bond acceptors (Lipinski definition) is 3. The molecule has 4 nitrogen and oxygen atoms in total. The Morgan fingerprint density at radius 3 is 2.17 bits per heavy atom. The predicted molar refractivity (Wildman–Crippen MR) is 59.7 cm³/mol. The Bertz CT molecular complexity index is 426.